The molecule has 2 nitrogen and oxygen atoms in total. The van der Waals surface area contributed by atoms with Crippen molar-refractivity contribution in [3.8, 4) is 0 Å². The molecular weight excluding hydrogens is 338 g/mol. The molecule has 1 aliphatic heterocycles. The van der Waals surface area contributed by atoms with Crippen molar-refractivity contribution < 1.29 is 4.79 Å². The third kappa shape index (κ3) is 2.25. The molecule has 3 rings (SSSR count). The number of hydrogen-bond donors (Lipinski definition) is 1. The van der Waals surface area contributed by atoms with Gasteiger partial charge in [0.05, 0.1) is 0 Å². The Morgan fingerprint density at radius 3 is 2.75 bits per heavy atom. The number of Topliss-reactive ketones (excluding diaryl/α,β-unsaturated/α-hetero) is 1. The summed E-state index contributed by atoms with van der Waals surface area (Å²) in [5.41, 5.74) is 2.01. The molecule has 0 saturated heterocycles. The van der Waals surface area contributed by atoms with Crippen LogP contribution in [0, 0.1) is 0 Å². The van der Waals surface area contributed by atoms with E-state index < -0.39 is 5.54 Å². The van der Waals surface area contributed by atoms with E-state index in [0.717, 1.165) is 15.7 Å². The zero-order valence-electron chi connectivity index (χ0n) is 10.9. The van der Waals surface area contributed by atoms with Crippen molar-refractivity contribution in [3.05, 3.63) is 63.1 Å². The van der Waals surface area contributed by atoms with E-state index in [-0.39, 0.29) is 5.78 Å². The van der Waals surface area contributed by atoms with E-state index in [9.17, 15) is 4.79 Å². The summed E-state index contributed by atoms with van der Waals surface area (Å²) in [6.07, 6.45) is 0.625. The summed E-state index contributed by atoms with van der Waals surface area (Å²) in [5.74, 6) is 0.0887. The normalized spacial score (nSPS) is 20.6. The zero-order valence-corrected chi connectivity index (χ0v) is 13.3. The number of nitrogens with one attached hydrogen (secondary N) is 1. The van der Waals surface area contributed by atoms with Crippen molar-refractivity contribution >= 4 is 39.0 Å². The largest absolute Gasteiger partial charge is 0.372 e. The van der Waals surface area contributed by atoms with Crippen molar-refractivity contribution in [2.24, 2.45) is 0 Å². The average Bonchev–Trinajstić information content (AvgIpc) is 2.65. The first-order valence-electron chi connectivity index (χ1n) is 6.35. The van der Waals surface area contributed by atoms with Gasteiger partial charge in [0.25, 0.3) is 0 Å². The Morgan fingerprint density at radius 2 is 2.00 bits per heavy atom. The third-order valence-corrected chi connectivity index (χ3v) is 4.65. The maximum Gasteiger partial charge on any atom is 0.190 e. The molecular formula is C16H13BrClNO. The summed E-state index contributed by atoms with van der Waals surface area (Å²) in [5, 5.41) is 3.92. The van der Waals surface area contributed by atoms with Crippen LogP contribution in [0.1, 0.15) is 22.8 Å². The van der Waals surface area contributed by atoms with Gasteiger partial charge in [0.2, 0.25) is 0 Å². The van der Waals surface area contributed by atoms with E-state index in [1.807, 2.05) is 37.3 Å². The lowest BCUT2D eigenvalue weighted by atomic mass is 9.89. The summed E-state index contributed by atoms with van der Waals surface area (Å²) in [6.45, 7) is 1.93. The molecule has 1 heterocycles. The van der Waals surface area contributed by atoms with Gasteiger partial charge in [0.15, 0.2) is 5.78 Å². The Bertz CT molecular complexity index is 701. The minimum atomic E-state index is -0.628. The van der Waals surface area contributed by atoms with Crippen LogP contribution in [-0.2, 0) is 6.42 Å². The van der Waals surface area contributed by atoms with Gasteiger partial charge in [-0.1, -0.05) is 45.7 Å². The molecule has 0 fully saturated rings. The smallest absolute Gasteiger partial charge is 0.190 e. The van der Waals surface area contributed by atoms with Gasteiger partial charge in [-0.3, -0.25) is 4.79 Å². The van der Waals surface area contributed by atoms with Crippen LogP contribution in [0.2, 0.25) is 5.02 Å². The fourth-order valence-electron chi connectivity index (χ4n) is 2.61. The van der Waals surface area contributed by atoms with Crippen LogP contribution in [0.4, 0.5) is 5.69 Å². The molecule has 2 aromatic rings. The number of carbonyl (C=O) groups is 1. The second-order valence-electron chi connectivity index (χ2n) is 5.24. The number of halogens is 2. The van der Waals surface area contributed by atoms with Crippen molar-refractivity contribution in [3.63, 3.8) is 0 Å². The van der Waals surface area contributed by atoms with Crippen LogP contribution < -0.4 is 5.32 Å². The average molecular weight is 351 g/mol. The van der Waals surface area contributed by atoms with Gasteiger partial charge in [-0.05, 0) is 36.8 Å². The monoisotopic (exact) mass is 349 g/mol. The molecule has 0 amide bonds. The maximum absolute atomic E-state index is 12.6. The molecule has 1 N–H and O–H groups in total. The van der Waals surface area contributed by atoms with E-state index in [1.54, 1.807) is 12.1 Å². The molecule has 4 heteroatoms. The molecule has 20 heavy (non-hydrogen) atoms. The topological polar surface area (TPSA) is 29.1 Å². The minimum Gasteiger partial charge on any atom is -0.372 e. The molecule has 0 aromatic heterocycles. The van der Waals surface area contributed by atoms with Crippen molar-refractivity contribution in [2.75, 3.05) is 5.32 Å². The van der Waals surface area contributed by atoms with Gasteiger partial charge in [0.1, 0.15) is 5.54 Å². The van der Waals surface area contributed by atoms with E-state index >= 15 is 0 Å². The van der Waals surface area contributed by atoms with Crippen LogP contribution in [0.3, 0.4) is 0 Å². The number of hydrogen-bond acceptors (Lipinski definition) is 2. The van der Waals surface area contributed by atoms with Gasteiger partial charge in [-0.2, -0.15) is 0 Å². The van der Waals surface area contributed by atoms with E-state index in [0.29, 0.717) is 17.0 Å². The Morgan fingerprint density at radius 1 is 1.25 bits per heavy atom. The van der Waals surface area contributed by atoms with Gasteiger partial charge in [-0.15, -0.1) is 0 Å². The molecule has 1 aliphatic rings. The zero-order chi connectivity index (χ0) is 14.3. The number of anilines is 1. The van der Waals surface area contributed by atoms with E-state index in [4.69, 9.17) is 11.6 Å². The van der Waals surface area contributed by atoms with Crippen molar-refractivity contribution in [2.45, 2.75) is 18.9 Å². The Balaban J connectivity index is 1.96. The molecule has 1 unspecified atom stereocenters. The standard InChI is InChI=1S/C16H13BrClNO/c1-16(9-10-4-2-3-5-13(10)17)15(20)12-8-11(18)6-7-14(12)19-16/h2-8,19H,9H2,1H3. The van der Waals surface area contributed by atoms with E-state index in [2.05, 4.69) is 21.2 Å². The highest BCUT2D eigenvalue weighted by Crippen LogP contribution is 2.36. The first-order valence-corrected chi connectivity index (χ1v) is 7.53. The first-order chi connectivity index (χ1) is 9.49. The lowest BCUT2D eigenvalue weighted by molar-refractivity contribution is 0.0929. The predicted octanol–water partition coefficient (Wildman–Crippen LogP) is 4.71. The fraction of sp³-hybridized carbons (Fsp3) is 0.188. The summed E-state index contributed by atoms with van der Waals surface area (Å²) in [4.78, 5) is 12.6. The van der Waals surface area contributed by atoms with Crippen molar-refractivity contribution in [1.82, 2.24) is 0 Å². The summed E-state index contributed by atoms with van der Waals surface area (Å²) in [6, 6.07) is 13.4. The number of rotatable bonds is 2. The minimum absolute atomic E-state index is 0.0887. The SMILES string of the molecule is CC1(Cc2ccccc2Br)Nc2ccc(Cl)cc2C1=O. The lowest BCUT2D eigenvalue weighted by Gasteiger charge is -2.24. The van der Waals surface area contributed by atoms with Gasteiger partial charge in [0, 0.05) is 27.2 Å². The maximum atomic E-state index is 12.6. The van der Waals surface area contributed by atoms with E-state index in [1.165, 1.54) is 0 Å². The van der Waals surface area contributed by atoms with Crippen molar-refractivity contribution in [1.29, 1.82) is 0 Å². The van der Waals surface area contributed by atoms with Gasteiger partial charge < -0.3 is 5.32 Å². The predicted molar refractivity (Wildman–Crippen MR) is 85.7 cm³/mol. The number of benzene rings is 2. The molecule has 1 atom stereocenters. The third-order valence-electron chi connectivity index (χ3n) is 3.64. The Labute approximate surface area is 131 Å². The molecule has 0 saturated carbocycles. The Kier molecular flexibility index (Phi) is 3.35. The number of fused-ring (bicyclic) bond motifs is 1. The summed E-state index contributed by atoms with van der Waals surface area (Å²) < 4.78 is 1.02. The van der Waals surface area contributed by atoms with Gasteiger partial charge >= 0.3 is 0 Å². The number of carbonyl (C=O) groups excluding carboxylic acids is 1. The summed E-state index contributed by atoms with van der Waals surface area (Å²) in [7, 11) is 0. The van der Waals surface area contributed by atoms with Crippen LogP contribution in [0.15, 0.2) is 46.9 Å². The molecule has 0 radical (unpaired) electrons. The molecule has 102 valence electrons. The molecule has 0 aliphatic carbocycles. The van der Waals surface area contributed by atoms with Crippen LogP contribution in [-0.4, -0.2) is 11.3 Å². The highest BCUT2D eigenvalue weighted by atomic mass is 79.9. The fourth-order valence-corrected chi connectivity index (χ4v) is 3.21. The first kappa shape index (κ1) is 13.7. The number of ketones is 1. The second-order valence-corrected chi connectivity index (χ2v) is 6.54. The molecule has 2 aromatic carbocycles. The highest BCUT2D eigenvalue weighted by Gasteiger charge is 2.41. The lowest BCUT2D eigenvalue weighted by Crippen LogP contribution is -2.40. The van der Waals surface area contributed by atoms with Crippen LogP contribution in [0.5, 0.6) is 0 Å². The quantitative estimate of drug-likeness (QED) is 0.849. The summed E-state index contributed by atoms with van der Waals surface area (Å²) >= 11 is 9.51. The Hall–Kier alpha value is -1.32. The highest BCUT2D eigenvalue weighted by molar-refractivity contribution is 9.10. The van der Waals surface area contributed by atoms with Crippen LogP contribution >= 0.6 is 27.5 Å². The second kappa shape index (κ2) is 4.90. The molecule has 0 spiro atoms. The van der Waals surface area contributed by atoms with Gasteiger partial charge in [-0.25, -0.2) is 0 Å². The molecule has 0 bridgehead atoms. The van der Waals surface area contributed by atoms with Crippen LogP contribution in [0.25, 0.3) is 0 Å².